The molecule has 3 nitrogen and oxygen atoms in total. The molecule has 0 radical (unpaired) electrons. The predicted octanol–water partition coefficient (Wildman–Crippen LogP) is 3.03. The quantitative estimate of drug-likeness (QED) is 0.869. The Morgan fingerprint density at radius 3 is 2.94 bits per heavy atom. The lowest BCUT2D eigenvalue weighted by atomic mass is 10.1. The van der Waals surface area contributed by atoms with Crippen LogP contribution in [0.25, 0.3) is 10.1 Å². The monoisotopic (exact) mass is 261 g/mol. The van der Waals surface area contributed by atoms with E-state index in [1.165, 1.54) is 12.8 Å². The second kappa shape index (κ2) is 4.71. The third kappa shape index (κ3) is 2.26. The zero-order valence-electron chi connectivity index (χ0n) is 9.93. The molecule has 94 valence electrons. The van der Waals surface area contributed by atoms with Crippen molar-refractivity contribution in [1.29, 1.82) is 0 Å². The lowest BCUT2D eigenvalue weighted by Crippen LogP contribution is -2.29. The lowest BCUT2D eigenvalue weighted by molar-refractivity contribution is -0.139. The van der Waals surface area contributed by atoms with Crippen LogP contribution in [0.1, 0.15) is 24.4 Å². The van der Waals surface area contributed by atoms with Crippen LogP contribution < -0.4 is 5.32 Å². The molecule has 4 heteroatoms. The normalized spacial score (nSPS) is 16.9. The Bertz CT molecular complexity index is 574. The molecule has 18 heavy (non-hydrogen) atoms. The number of fused-ring (bicyclic) bond motifs is 1. The van der Waals surface area contributed by atoms with Gasteiger partial charge in [0.15, 0.2) is 0 Å². The van der Waals surface area contributed by atoms with Gasteiger partial charge in [0.05, 0.1) is 0 Å². The van der Waals surface area contributed by atoms with Crippen LogP contribution in [0.15, 0.2) is 29.6 Å². The second-order valence-corrected chi connectivity index (χ2v) is 5.72. The Morgan fingerprint density at radius 1 is 1.44 bits per heavy atom. The number of rotatable bonds is 5. The average molecular weight is 261 g/mol. The molecule has 3 rings (SSSR count). The van der Waals surface area contributed by atoms with E-state index in [1.54, 1.807) is 11.3 Å². The summed E-state index contributed by atoms with van der Waals surface area (Å²) < 4.78 is 1.15. The van der Waals surface area contributed by atoms with Crippen LogP contribution in [-0.2, 0) is 4.79 Å². The molecule has 0 saturated heterocycles. The number of carboxylic acids is 1. The van der Waals surface area contributed by atoms with Crippen LogP contribution in [0, 0.1) is 5.92 Å². The van der Waals surface area contributed by atoms with Gasteiger partial charge in [-0.2, -0.15) is 0 Å². The summed E-state index contributed by atoms with van der Waals surface area (Å²) in [6, 6.07) is 7.38. The summed E-state index contributed by atoms with van der Waals surface area (Å²) in [4.78, 5) is 11.4. The first-order valence-electron chi connectivity index (χ1n) is 6.18. The topological polar surface area (TPSA) is 49.3 Å². The van der Waals surface area contributed by atoms with Gasteiger partial charge in [0.25, 0.3) is 0 Å². The van der Waals surface area contributed by atoms with E-state index in [0.29, 0.717) is 5.92 Å². The first-order chi connectivity index (χ1) is 8.75. The van der Waals surface area contributed by atoms with Gasteiger partial charge in [0.1, 0.15) is 6.04 Å². The summed E-state index contributed by atoms with van der Waals surface area (Å²) in [6.45, 7) is 0.807. The van der Waals surface area contributed by atoms with Crippen molar-refractivity contribution in [1.82, 2.24) is 5.32 Å². The van der Waals surface area contributed by atoms with Crippen molar-refractivity contribution < 1.29 is 9.90 Å². The number of benzene rings is 1. The Labute approximate surface area is 109 Å². The molecule has 1 aliphatic carbocycles. The lowest BCUT2D eigenvalue weighted by Gasteiger charge is -2.13. The molecule has 1 aromatic heterocycles. The summed E-state index contributed by atoms with van der Waals surface area (Å²) in [6.07, 6.45) is 2.45. The van der Waals surface area contributed by atoms with Gasteiger partial charge in [-0.3, -0.25) is 4.79 Å². The molecule has 1 aliphatic rings. The molecule has 1 saturated carbocycles. The van der Waals surface area contributed by atoms with Gasteiger partial charge in [0.2, 0.25) is 0 Å². The van der Waals surface area contributed by atoms with E-state index in [0.717, 1.165) is 22.2 Å². The molecule has 0 spiro atoms. The van der Waals surface area contributed by atoms with Gasteiger partial charge in [0, 0.05) is 4.70 Å². The van der Waals surface area contributed by atoms with Gasteiger partial charge < -0.3 is 10.4 Å². The van der Waals surface area contributed by atoms with E-state index in [1.807, 2.05) is 29.6 Å². The van der Waals surface area contributed by atoms with E-state index < -0.39 is 12.0 Å². The van der Waals surface area contributed by atoms with Crippen LogP contribution in [0.5, 0.6) is 0 Å². The second-order valence-electron chi connectivity index (χ2n) is 4.81. The van der Waals surface area contributed by atoms with Crippen LogP contribution in [0.3, 0.4) is 0 Å². The summed E-state index contributed by atoms with van der Waals surface area (Å²) in [5.74, 6) is -0.115. The smallest absolute Gasteiger partial charge is 0.325 e. The SMILES string of the molecule is O=C(O)C(NCC1CC1)c1csc2ccccc12. The zero-order chi connectivity index (χ0) is 12.5. The van der Waals surface area contributed by atoms with Crippen molar-refractivity contribution in [3.63, 3.8) is 0 Å². The summed E-state index contributed by atoms with van der Waals surface area (Å²) in [7, 11) is 0. The number of hydrogen-bond donors (Lipinski definition) is 2. The van der Waals surface area contributed by atoms with Gasteiger partial charge in [-0.05, 0) is 47.7 Å². The maximum absolute atomic E-state index is 11.4. The highest BCUT2D eigenvalue weighted by molar-refractivity contribution is 7.17. The predicted molar refractivity (Wildman–Crippen MR) is 72.9 cm³/mol. The first-order valence-corrected chi connectivity index (χ1v) is 7.06. The average Bonchev–Trinajstić information content (AvgIpc) is 3.09. The van der Waals surface area contributed by atoms with Gasteiger partial charge >= 0.3 is 5.97 Å². The van der Waals surface area contributed by atoms with Crippen molar-refractivity contribution in [3.8, 4) is 0 Å². The van der Waals surface area contributed by atoms with E-state index in [9.17, 15) is 9.90 Å². The first kappa shape index (κ1) is 11.7. The maximum atomic E-state index is 11.4. The molecule has 1 atom stereocenters. The van der Waals surface area contributed by atoms with Crippen LogP contribution in [0.2, 0.25) is 0 Å². The van der Waals surface area contributed by atoms with Crippen molar-refractivity contribution >= 4 is 27.4 Å². The number of hydrogen-bond acceptors (Lipinski definition) is 3. The molecule has 2 aromatic rings. The fourth-order valence-corrected chi connectivity index (χ4v) is 3.15. The van der Waals surface area contributed by atoms with E-state index in [2.05, 4.69) is 5.32 Å². The highest BCUT2D eigenvalue weighted by Crippen LogP contribution is 2.32. The summed E-state index contributed by atoms with van der Waals surface area (Å²) in [5, 5.41) is 15.6. The van der Waals surface area contributed by atoms with Crippen LogP contribution in [-0.4, -0.2) is 17.6 Å². The highest BCUT2D eigenvalue weighted by atomic mass is 32.1. The largest absolute Gasteiger partial charge is 0.480 e. The summed E-state index contributed by atoms with van der Waals surface area (Å²) in [5.41, 5.74) is 0.892. The van der Waals surface area contributed by atoms with E-state index in [4.69, 9.17) is 0 Å². The van der Waals surface area contributed by atoms with E-state index in [-0.39, 0.29) is 0 Å². The molecular weight excluding hydrogens is 246 g/mol. The fourth-order valence-electron chi connectivity index (χ4n) is 2.16. The van der Waals surface area contributed by atoms with Crippen LogP contribution >= 0.6 is 11.3 Å². The number of aliphatic carboxylic acids is 1. The minimum absolute atomic E-state index is 0.582. The van der Waals surface area contributed by atoms with E-state index >= 15 is 0 Å². The van der Waals surface area contributed by atoms with Gasteiger partial charge in [-0.25, -0.2) is 0 Å². The number of thiophene rings is 1. The van der Waals surface area contributed by atoms with Crippen LogP contribution in [0.4, 0.5) is 0 Å². The maximum Gasteiger partial charge on any atom is 0.325 e. The fraction of sp³-hybridized carbons (Fsp3) is 0.357. The Kier molecular flexibility index (Phi) is 3.06. The number of carbonyl (C=O) groups is 1. The minimum atomic E-state index is -0.792. The number of nitrogens with one attached hydrogen (secondary N) is 1. The van der Waals surface area contributed by atoms with Crippen molar-refractivity contribution in [2.45, 2.75) is 18.9 Å². The third-order valence-electron chi connectivity index (χ3n) is 3.38. The standard InChI is InChI=1S/C14H15NO2S/c16-14(17)13(15-7-9-5-6-9)11-8-18-12-4-2-1-3-10(11)12/h1-4,8-9,13,15H,5-7H2,(H,16,17). The van der Waals surface area contributed by atoms with Gasteiger partial charge in [-0.15, -0.1) is 11.3 Å². The third-order valence-corrected chi connectivity index (χ3v) is 4.36. The molecular formula is C14H15NO2S. The molecule has 1 aromatic carbocycles. The van der Waals surface area contributed by atoms with Crippen molar-refractivity contribution in [3.05, 3.63) is 35.2 Å². The van der Waals surface area contributed by atoms with Crippen molar-refractivity contribution in [2.75, 3.05) is 6.54 Å². The highest BCUT2D eigenvalue weighted by Gasteiger charge is 2.27. The molecule has 1 unspecified atom stereocenters. The zero-order valence-corrected chi connectivity index (χ0v) is 10.7. The molecule has 0 amide bonds. The molecule has 1 fully saturated rings. The molecule has 0 bridgehead atoms. The molecule has 0 aliphatic heterocycles. The Morgan fingerprint density at radius 2 is 2.22 bits per heavy atom. The summed E-state index contributed by atoms with van der Waals surface area (Å²) >= 11 is 1.61. The Balaban J connectivity index is 1.90. The Hall–Kier alpha value is -1.39. The van der Waals surface area contributed by atoms with Gasteiger partial charge in [-0.1, -0.05) is 18.2 Å². The number of carboxylic acid groups (broad SMARTS) is 1. The molecule has 1 heterocycles. The van der Waals surface area contributed by atoms with Crippen molar-refractivity contribution in [2.24, 2.45) is 5.92 Å². The minimum Gasteiger partial charge on any atom is -0.480 e. The molecule has 2 N–H and O–H groups in total.